The number of ether oxygens (including phenoxy) is 1. The Morgan fingerprint density at radius 2 is 1.86 bits per heavy atom. The molecule has 1 aliphatic carbocycles. The Morgan fingerprint density at radius 3 is 2.46 bits per heavy atom. The fourth-order valence-corrected chi connectivity index (χ4v) is 3.95. The smallest absolute Gasteiger partial charge is 0.192 e. The van der Waals surface area contributed by atoms with E-state index in [1.807, 2.05) is 0 Å². The third-order valence-electron chi connectivity index (χ3n) is 5.46. The van der Waals surface area contributed by atoms with Gasteiger partial charge in [-0.25, -0.2) is 0 Å². The molecule has 4 N–H and O–H groups in total. The molecule has 0 saturated carbocycles. The van der Waals surface area contributed by atoms with E-state index in [-0.39, 0.29) is 41.1 Å². The second kappa shape index (κ2) is 7.50. The second-order valence-electron chi connectivity index (χ2n) is 7.42. The minimum absolute atomic E-state index is 0.0601. The molecule has 0 aromatic heterocycles. The molecule has 7 nitrogen and oxygen atoms in total. The van der Waals surface area contributed by atoms with Crippen molar-refractivity contribution in [2.45, 2.75) is 45.0 Å². The van der Waals surface area contributed by atoms with E-state index in [1.165, 1.54) is 14.0 Å². The number of ketones is 2. The van der Waals surface area contributed by atoms with Crippen LogP contribution in [0.5, 0.6) is 11.5 Å². The van der Waals surface area contributed by atoms with Crippen molar-refractivity contribution in [1.82, 2.24) is 0 Å². The van der Waals surface area contributed by atoms with Gasteiger partial charge in [0.15, 0.2) is 11.6 Å². The van der Waals surface area contributed by atoms with Crippen LogP contribution < -0.4 is 0 Å². The molecular formula is C21H24O7. The molecule has 0 radical (unpaired) electrons. The number of benzene rings is 2. The Morgan fingerprint density at radius 1 is 1.18 bits per heavy atom. The zero-order valence-electron chi connectivity index (χ0n) is 16.0. The molecule has 7 heteroatoms. The van der Waals surface area contributed by atoms with Gasteiger partial charge in [-0.15, -0.1) is 0 Å². The highest BCUT2D eigenvalue weighted by Crippen LogP contribution is 2.43. The number of phenolic OH excluding ortho intramolecular Hbond substituents is 2. The summed E-state index contributed by atoms with van der Waals surface area (Å²) >= 11 is 0. The maximum atomic E-state index is 12.8. The summed E-state index contributed by atoms with van der Waals surface area (Å²) in [6.45, 7) is 3.00. The topological polar surface area (TPSA) is 124 Å². The summed E-state index contributed by atoms with van der Waals surface area (Å²) < 4.78 is 5.26. The molecule has 28 heavy (non-hydrogen) atoms. The number of Topliss-reactive ketones (excluding diaryl/α,β-unsaturated/α-hetero) is 2. The number of aliphatic hydroxyl groups is 2. The predicted molar refractivity (Wildman–Crippen MR) is 102 cm³/mol. The van der Waals surface area contributed by atoms with Crippen molar-refractivity contribution in [1.29, 1.82) is 0 Å². The molecule has 0 unspecified atom stereocenters. The van der Waals surface area contributed by atoms with Crippen LogP contribution >= 0.6 is 0 Å². The van der Waals surface area contributed by atoms with E-state index >= 15 is 0 Å². The van der Waals surface area contributed by atoms with Crippen LogP contribution in [-0.2, 0) is 16.0 Å². The number of hydrogen-bond donors (Lipinski definition) is 4. The Balaban J connectivity index is 2.04. The van der Waals surface area contributed by atoms with Gasteiger partial charge in [-0.3, -0.25) is 9.59 Å². The first kappa shape index (κ1) is 20.3. The number of hydrogen-bond acceptors (Lipinski definition) is 7. The van der Waals surface area contributed by atoms with Crippen molar-refractivity contribution in [3.63, 3.8) is 0 Å². The molecule has 0 amide bonds. The lowest BCUT2D eigenvalue weighted by atomic mass is 9.77. The molecule has 0 saturated heterocycles. The van der Waals surface area contributed by atoms with Gasteiger partial charge in [0.25, 0.3) is 0 Å². The minimum Gasteiger partial charge on any atom is -0.507 e. The summed E-state index contributed by atoms with van der Waals surface area (Å²) in [5, 5.41) is 41.2. The van der Waals surface area contributed by atoms with Crippen molar-refractivity contribution >= 4 is 22.3 Å². The number of aromatic hydroxyl groups is 2. The van der Waals surface area contributed by atoms with Crippen LogP contribution in [-0.4, -0.2) is 57.4 Å². The summed E-state index contributed by atoms with van der Waals surface area (Å²) in [5.74, 6) is -1.93. The quantitative estimate of drug-likeness (QED) is 0.614. The largest absolute Gasteiger partial charge is 0.507 e. The van der Waals surface area contributed by atoms with E-state index in [1.54, 1.807) is 25.1 Å². The summed E-state index contributed by atoms with van der Waals surface area (Å²) in [6, 6.07) is 5.18. The highest BCUT2D eigenvalue weighted by atomic mass is 16.5. The first-order valence-corrected chi connectivity index (χ1v) is 9.10. The molecular weight excluding hydrogens is 364 g/mol. The Hall–Kier alpha value is -2.48. The Bertz CT molecular complexity index is 948. The van der Waals surface area contributed by atoms with Gasteiger partial charge in [-0.2, -0.15) is 0 Å². The van der Waals surface area contributed by atoms with E-state index in [9.17, 15) is 30.0 Å². The van der Waals surface area contributed by atoms with Crippen LogP contribution in [0.2, 0.25) is 0 Å². The van der Waals surface area contributed by atoms with Crippen LogP contribution in [0.3, 0.4) is 0 Å². The monoisotopic (exact) mass is 388 g/mol. The predicted octanol–water partition coefficient (Wildman–Crippen LogP) is 1.63. The van der Waals surface area contributed by atoms with Crippen LogP contribution in [0.4, 0.5) is 0 Å². The van der Waals surface area contributed by atoms with Gasteiger partial charge in [-0.05, 0) is 36.8 Å². The molecule has 0 fully saturated rings. The van der Waals surface area contributed by atoms with Crippen LogP contribution in [0.1, 0.15) is 34.8 Å². The van der Waals surface area contributed by atoms with Crippen LogP contribution in [0.25, 0.3) is 10.8 Å². The van der Waals surface area contributed by atoms with E-state index in [4.69, 9.17) is 4.74 Å². The lowest BCUT2D eigenvalue weighted by Crippen LogP contribution is -2.45. The van der Waals surface area contributed by atoms with Crippen molar-refractivity contribution in [3.8, 4) is 11.5 Å². The van der Waals surface area contributed by atoms with Crippen molar-refractivity contribution in [2.75, 3.05) is 7.11 Å². The molecule has 0 heterocycles. The lowest BCUT2D eigenvalue weighted by Gasteiger charge is -2.31. The maximum Gasteiger partial charge on any atom is 0.192 e. The van der Waals surface area contributed by atoms with E-state index < -0.39 is 30.0 Å². The van der Waals surface area contributed by atoms with Crippen molar-refractivity contribution in [3.05, 3.63) is 34.9 Å². The number of aliphatic hydroxyl groups excluding tert-OH is 2. The first-order valence-electron chi connectivity index (χ1n) is 9.10. The van der Waals surface area contributed by atoms with Gasteiger partial charge >= 0.3 is 0 Å². The summed E-state index contributed by atoms with van der Waals surface area (Å²) in [5.41, 5.74) is 1.28. The maximum absolute atomic E-state index is 12.8. The standard InChI is InChI=1S/C21H24O7/c1-9-4-5-11-6-12-7-13(21(28-3)20(27)18(25)10(2)22)8-14(23)15(12)19(26)16(11)17(9)24/h4-6,10,13,18,21-22,24-26H,7-8H2,1-3H3/t10-,13-,18+,21+/m1/s1. The fraction of sp³-hybridized carbons (Fsp3) is 0.429. The van der Waals surface area contributed by atoms with E-state index in [2.05, 4.69) is 0 Å². The van der Waals surface area contributed by atoms with E-state index in [0.29, 0.717) is 16.5 Å². The van der Waals surface area contributed by atoms with Gasteiger partial charge in [0.2, 0.25) is 0 Å². The summed E-state index contributed by atoms with van der Waals surface area (Å²) in [6.07, 6.45) is -3.71. The molecule has 4 atom stereocenters. The minimum atomic E-state index is -1.61. The number of methoxy groups -OCH3 is 1. The van der Waals surface area contributed by atoms with Gasteiger partial charge in [0.05, 0.1) is 17.1 Å². The summed E-state index contributed by atoms with van der Waals surface area (Å²) in [7, 11) is 1.32. The fourth-order valence-electron chi connectivity index (χ4n) is 3.95. The number of carbonyl (C=O) groups is 2. The molecule has 0 spiro atoms. The van der Waals surface area contributed by atoms with Gasteiger partial charge in [0, 0.05) is 19.4 Å². The van der Waals surface area contributed by atoms with Crippen LogP contribution in [0, 0.1) is 12.8 Å². The molecule has 1 aliphatic rings. The first-order chi connectivity index (χ1) is 13.2. The van der Waals surface area contributed by atoms with E-state index in [0.717, 1.165) is 0 Å². The normalized spacial score (nSPS) is 19.9. The van der Waals surface area contributed by atoms with Gasteiger partial charge in [-0.1, -0.05) is 18.2 Å². The number of carbonyl (C=O) groups excluding carboxylic acids is 2. The number of phenols is 2. The van der Waals surface area contributed by atoms with Gasteiger partial charge < -0.3 is 25.2 Å². The third-order valence-corrected chi connectivity index (χ3v) is 5.46. The lowest BCUT2D eigenvalue weighted by molar-refractivity contribution is -0.145. The Kier molecular flexibility index (Phi) is 5.43. The highest BCUT2D eigenvalue weighted by Gasteiger charge is 2.39. The molecule has 2 aromatic rings. The molecule has 2 aromatic carbocycles. The van der Waals surface area contributed by atoms with Crippen molar-refractivity contribution < 1.29 is 34.8 Å². The third kappa shape index (κ3) is 3.26. The van der Waals surface area contributed by atoms with Gasteiger partial charge in [0.1, 0.15) is 23.7 Å². The summed E-state index contributed by atoms with van der Waals surface area (Å²) in [4.78, 5) is 25.2. The highest BCUT2D eigenvalue weighted by molar-refractivity contribution is 6.09. The average Bonchev–Trinajstić information content (AvgIpc) is 2.64. The van der Waals surface area contributed by atoms with Crippen LogP contribution in [0.15, 0.2) is 18.2 Å². The second-order valence-corrected chi connectivity index (χ2v) is 7.42. The molecule has 0 bridgehead atoms. The number of fused-ring (bicyclic) bond motifs is 2. The average molecular weight is 388 g/mol. The zero-order chi connectivity index (χ0) is 20.7. The molecule has 3 rings (SSSR count). The van der Waals surface area contributed by atoms with Crippen molar-refractivity contribution in [2.24, 2.45) is 5.92 Å². The number of rotatable bonds is 5. The SMILES string of the molecule is CO[C@H](C(=O)[C@@H](O)[C@@H](C)O)[C@H]1CC(=O)c2c(cc3ccc(C)c(O)c3c2O)C1. The number of aryl methyl sites for hydroxylation is 1. The Labute approximate surface area is 162 Å². The molecule has 150 valence electrons. The molecule has 0 aliphatic heterocycles. The zero-order valence-corrected chi connectivity index (χ0v) is 16.0.